The Hall–Kier alpha value is -1.98. The van der Waals surface area contributed by atoms with Gasteiger partial charge in [0.2, 0.25) is 0 Å². The molecule has 0 saturated heterocycles. The van der Waals surface area contributed by atoms with E-state index in [0.717, 1.165) is 47.2 Å². The fourth-order valence-corrected chi connectivity index (χ4v) is 4.85. The molecule has 0 atom stereocenters. The maximum absolute atomic E-state index is 6.37. The molecule has 0 radical (unpaired) electrons. The van der Waals surface area contributed by atoms with Crippen molar-refractivity contribution in [3.63, 3.8) is 0 Å². The van der Waals surface area contributed by atoms with Crippen LogP contribution < -0.4 is 4.74 Å². The summed E-state index contributed by atoms with van der Waals surface area (Å²) in [7, 11) is 0. The van der Waals surface area contributed by atoms with Crippen LogP contribution in [-0.2, 0) is 13.1 Å². The van der Waals surface area contributed by atoms with E-state index in [1.807, 2.05) is 12.1 Å². The lowest BCUT2D eigenvalue weighted by Crippen LogP contribution is -2.37. The topological polar surface area (TPSA) is 38.2 Å². The predicted molar refractivity (Wildman–Crippen MR) is 110 cm³/mol. The second kappa shape index (κ2) is 7.21. The minimum absolute atomic E-state index is 0.255. The van der Waals surface area contributed by atoms with E-state index in [0.29, 0.717) is 6.04 Å². The molecule has 5 heteroatoms. The number of halogens is 1. The standard InChI is InChI=1S/C22H22BrN3O/c23-17-11-20-22(25-10-9-24-20)21(12-17)27-19-7-5-18(6-8-19)26-13-15-3-1-2-4-16(15)14-26/h1-4,9-12,18-19H,5-8,13-14H2. The summed E-state index contributed by atoms with van der Waals surface area (Å²) in [5.74, 6) is 0.838. The Balaban J connectivity index is 1.25. The van der Waals surface area contributed by atoms with Crippen LogP contribution in [0.4, 0.5) is 0 Å². The molecule has 1 aliphatic heterocycles. The van der Waals surface area contributed by atoms with E-state index in [4.69, 9.17) is 4.74 Å². The highest BCUT2D eigenvalue weighted by Crippen LogP contribution is 2.34. The predicted octanol–water partition coefficient (Wildman–Crippen LogP) is 5.10. The molecular formula is C22H22BrN3O. The smallest absolute Gasteiger partial charge is 0.148 e. The largest absolute Gasteiger partial charge is 0.488 e. The summed E-state index contributed by atoms with van der Waals surface area (Å²) < 4.78 is 7.35. The summed E-state index contributed by atoms with van der Waals surface area (Å²) in [4.78, 5) is 11.5. The third kappa shape index (κ3) is 3.46. The molecule has 0 bridgehead atoms. The number of aromatic nitrogens is 2. The van der Waals surface area contributed by atoms with Crippen molar-refractivity contribution in [1.29, 1.82) is 0 Å². The molecule has 2 aromatic carbocycles. The minimum atomic E-state index is 0.255. The van der Waals surface area contributed by atoms with Gasteiger partial charge in [0.25, 0.3) is 0 Å². The average Bonchev–Trinajstić information content (AvgIpc) is 3.13. The number of fused-ring (bicyclic) bond motifs is 2. The molecule has 0 unspecified atom stereocenters. The molecule has 1 saturated carbocycles. The number of ether oxygens (including phenoxy) is 1. The molecule has 0 spiro atoms. The summed E-state index contributed by atoms with van der Waals surface area (Å²) >= 11 is 3.56. The van der Waals surface area contributed by atoms with E-state index in [9.17, 15) is 0 Å². The molecule has 138 valence electrons. The highest BCUT2D eigenvalue weighted by atomic mass is 79.9. The Kier molecular flexibility index (Phi) is 4.58. The van der Waals surface area contributed by atoms with Gasteiger partial charge in [-0.05, 0) is 48.9 Å². The van der Waals surface area contributed by atoms with Crippen LogP contribution in [-0.4, -0.2) is 27.0 Å². The Labute approximate surface area is 167 Å². The summed E-state index contributed by atoms with van der Waals surface area (Å²) in [5.41, 5.74) is 4.70. The van der Waals surface area contributed by atoms with Crippen molar-refractivity contribution in [2.75, 3.05) is 0 Å². The first-order chi connectivity index (χ1) is 13.3. The van der Waals surface area contributed by atoms with Crippen molar-refractivity contribution >= 4 is 27.0 Å². The molecule has 1 aliphatic carbocycles. The molecular weight excluding hydrogens is 402 g/mol. The van der Waals surface area contributed by atoms with Crippen LogP contribution in [0.1, 0.15) is 36.8 Å². The Bertz CT molecular complexity index is 944. The maximum atomic E-state index is 6.37. The van der Waals surface area contributed by atoms with Crippen LogP contribution in [0, 0.1) is 0 Å². The van der Waals surface area contributed by atoms with E-state index >= 15 is 0 Å². The van der Waals surface area contributed by atoms with Crippen LogP contribution in [0.2, 0.25) is 0 Å². The van der Waals surface area contributed by atoms with Gasteiger partial charge in [0, 0.05) is 36.0 Å². The van der Waals surface area contributed by atoms with Crippen LogP contribution in [0.15, 0.2) is 53.3 Å². The quantitative estimate of drug-likeness (QED) is 0.587. The van der Waals surface area contributed by atoms with E-state index in [2.05, 4.69) is 55.1 Å². The van der Waals surface area contributed by atoms with E-state index < -0.39 is 0 Å². The van der Waals surface area contributed by atoms with Crippen LogP contribution in [0.5, 0.6) is 5.75 Å². The van der Waals surface area contributed by atoms with Crippen molar-refractivity contribution in [2.45, 2.75) is 50.9 Å². The summed E-state index contributed by atoms with van der Waals surface area (Å²) in [5, 5.41) is 0. The minimum Gasteiger partial charge on any atom is -0.488 e. The molecule has 2 aliphatic rings. The lowest BCUT2D eigenvalue weighted by molar-refractivity contribution is 0.0873. The zero-order chi connectivity index (χ0) is 18.2. The van der Waals surface area contributed by atoms with Crippen molar-refractivity contribution < 1.29 is 4.74 Å². The monoisotopic (exact) mass is 423 g/mol. The number of nitrogens with zero attached hydrogens (tertiary/aromatic N) is 3. The molecule has 1 aromatic heterocycles. The summed E-state index contributed by atoms with van der Waals surface area (Å²) in [6, 6.07) is 13.5. The lowest BCUT2D eigenvalue weighted by Gasteiger charge is -2.34. The number of benzene rings is 2. The summed E-state index contributed by atoms with van der Waals surface area (Å²) in [6.45, 7) is 2.19. The number of rotatable bonds is 3. The number of hydrogen-bond acceptors (Lipinski definition) is 4. The fraction of sp³-hybridized carbons (Fsp3) is 0.364. The van der Waals surface area contributed by atoms with Crippen LogP contribution in [0.25, 0.3) is 11.0 Å². The van der Waals surface area contributed by atoms with Crippen molar-refractivity contribution in [1.82, 2.24) is 14.9 Å². The van der Waals surface area contributed by atoms with Gasteiger partial charge in [-0.3, -0.25) is 9.88 Å². The molecule has 1 fully saturated rings. The summed E-state index contributed by atoms with van der Waals surface area (Å²) in [6.07, 6.45) is 8.26. The van der Waals surface area contributed by atoms with Gasteiger partial charge in [-0.2, -0.15) is 0 Å². The van der Waals surface area contributed by atoms with Gasteiger partial charge in [0.05, 0.1) is 11.6 Å². The normalized spacial score (nSPS) is 22.7. The zero-order valence-electron chi connectivity index (χ0n) is 15.1. The average molecular weight is 424 g/mol. The van der Waals surface area contributed by atoms with Gasteiger partial charge in [-0.25, -0.2) is 4.98 Å². The third-order valence-corrected chi connectivity index (χ3v) is 6.28. The van der Waals surface area contributed by atoms with Gasteiger partial charge in [-0.15, -0.1) is 0 Å². The maximum Gasteiger partial charge on any atom is 0.148 e. The third-order valence-electron chi connectivity index (χ3n) is 5.82. The fourth-order valence-electron chi connectivity index (χ4n) is 4.43. The first kappa shape index (κ1) is 17.1. The van der Waals surface area contributed by atoms with Crippen molar-refractivity contribution in [3.05, 3.63) is 64.4 Å². The second-order valence-electron chi connectivity index (χ2n) is 7.55. The highest BCUT2D eigenvalue weighted by molar-refractivity contribution is 9.10. The first-order valence-electron chi connectivity index (χ1n) is 9.64. The zero-order valence-corrected chi connectivity index (χ0v) is 16.7. The van der Waals surface area contributed by atoms with Gasteiger partial charge in [0.15, 0.2) is 0 Å². The van der Waals surface area contributed by atoms with E-state index in [1.165, 1.54) is 24.0 Å². The van der Waals surface area contributed by atoms with Crippen molar-refractivity contribution in [2.24, 2.45) is 0 Å². The van der Waals surface area contributed by atoms with Crippen LogP contribution in [0.3, 0.4) is 0 Å². The Morgan fingerprint density at radius 1 is 0.926 bits per heavy atom. The molecule has 4 nitrogen and oxygen atoms in total. The van der Waals surface area contributed by atoms with E-state index in [1.54, 1.807) is 12.4 Å². The second-order valence-corrected chi connectivity index (χ2v) is 8.47. The lowest BCUT2D eigenvalue weighted by atomic mass is 9.92. The SMILES string of the molecule is Brc1cc(OC2CCC(N3Cc4ccccc4C3)CC2)c2nccnc2c1. The highest BCUT2D eigenvalue weighted by Gasteiger charge is 2.30. The molecule has 3 aromatic rings. The molecule has 0 N–H and O–H groups in total. The van der Waals surface area contributed by atoms with Crippen LogP contribution >= 0.6 is 15.9 Å². The van der Waals surface area contributed by atoms with Gasteiger partial charge < -0.3 is 4.74 Å². The Morgan fingerprint density at radius 3 is 2.37 bits per heavy atom. The number of hydrogen-bond donors (Lipinski definition) is 0. The molecule has 0 amide bonds. The van der Waals surface area contributed by atoms with Crippen molar-refractivity contribution in [3.8, 4) is 5.75 Å². The van der Waals surface area contributed by atoms with Gasteiger partial charge in [0.1, 0.15) is 11.3 Å². The van der Waals surface area contributed by atoms with Gasteiger partial charge in [-0.1, -0.05) is 40.2 Å². The molecule has 5 rings (SSSR count). The first-order valence-corrected chi connectivity index (χ1v) is 10.4. The van der Waals surface area contributed by atoms with Gasteiger partial charge >= 0.3 is 0 Å². The molecule has 27 heavy (non-hydrogen) atoms. The Morgan fingerprint density at radius 2 is 1.63 bits per heavy atom. The molecule has 2 heterocycles. The van der Waals surface area contributed by atoms with E-state index in [-0.39, 0.29) is 6.10 Å².